The Morgan fingerprint density at radius 2 is 2.05 bits per heavy atom. The van der Waals surface area contributed by atoms with Gasteiger partial charge in [0.2, 0.25) is 5.56 Å². The number of rotatable bonds is 4. The molecule has 0 amide bonds. The van der Waals surface area contributed by atoms with Crippen LogP contribution in [0.4, 0.5) is 5.69 Å². The molecule has 1 N–H and O–H groups in total. The molecule has 1 unspecified atom stereocenters. The first-order valence-electron chi connectivity index (χ1n) is 6.17. The Bertz CT molecular complexity index is 620. The number of ether oxygens (including phenoxy) is 1. The largest absolute Gasteiger partial charge is 0.497 e. The number of hydrogen-bond donors (Lipinski definition) is 1. The third kappa shape index (κ3) is 3.16. The van der Waals surface area contributed by atoms with Gasteiger partial charge in [-0.3, -0.25) is 4.79 Å². The molecule has 0 aliphatic heterocycles. The van der Waals surface area contributed by atoms with Crippen LogP contribution in [0.1, 0.15) is 18.5 Å². The van der Waals surface area contributed by atoms with Crippen molar-refractivity contribution in [1.29, 1.82) is 0 Å². The van der Waals surface area contributed by atoms with E-state index in [1.807, 2.05) is 24.3 Å². The van der Waals surface area contributed by atoms with E-state index in [1.54, 1.807) is 37.1 Å². The Hall–Kier alpha value is -2.23. The zero-order valence-electron chi connectivity index (χ0n) is 11.4. The molecule has 0 saturated heterocycles. The molecule has 0 fully saturated rings. The number of aromatic nitrogens is 1. The third-order valence-corrected chi connectivity index (χ3v) is 3.06. The van der Waals surface area contributed by atoms with Crippen LogP contribution in [-0.4, -0.2) is 11.7 Å². The maximum absolute atomic E-state index is 11.3. The van der Waals surface area contributed by atoms with Crippen molar-refractivity contribution in [3.63, 3.8) is 0 Å². The van der Waals surface area contributed by atoms with E-state index >= 15 is 0 Å². The second kappa shape index (κ2) is 5.61. The van der Waals surface area contributed by atoms with Gasteiger partial charge in [-0.1, -0.05) is 12.1 Å². The van der Waals surface area contributed by atoms with Crippen molar-refractivity contribution in [3.05, 3.63) is 58.5 Å². The fourth-order valence-electron chi connectivity index (χ4n) is 1.92. The van der Waals surface area contributed by atoms with Crippen molar-refractivity contribution in [1.82, 2.24) is 4.57 Å². The molecule has 1 atom stereocenters. The van der Waals surface area contributed by atoms with Crippen LogP contribution in [0.3, 0.4) is 0 Å². The topological polar surface area (TPSA) is 43.3 Å². The van der Waals surface area contributed by atoms with E-state index in [0.717, 1.165) is 17.0 Å². The van der Waals surface area contributed by atoms with Crippen LogP contribution in [0.15, 0.2) is 47.4 Å². The minimum Gasteiger partial charge on any atom is -0.497 e. The summed E-state index contributed by atoms with van der Waals surface area (Å²) in [5.41, 5.74) is 2.03. The van der Waals surface area contributed by atoms with Gasteiger partial charge in [0.1, 0.15) is 5.75 Å². The number of hydrogen-bond acceptors (Lipinski definition) is 3. The first kappa shape index (κ1) is 13.2. The number of aryl methyl sites for hydroxylation is 1. The molecule has 0 aliphatic carbocycles. The minimum atomic E-state index is -0.0143. The number of anilines is 1. The molecule has 2 aromatic rings. The Morgan fingerprint density at radius 3 is 2.74 bits per heavy atom. The Balaban J connectivity index is 2.17. The summed E-state index contributed by atoms with van der Waals surface area (Å²) in [6.45, 7) is 2.07. The molecule has 0 spiro atoms. The maximum atomic E-state index is 11.3. The molecule has 1 aromatic heterocycles. The Morgan fingerprint density at radius 1 is 1.26 bits per heavy atom. The zero-order valence-corrected chi connectivity index (χ0v) is 11.4. The second-order valence-electron chi connectivity index (χ2n) is 4.51. The van der Waals surface area contributed by atoms with Crippen molar-refractivity contribution in [2.45, 2.75) is 13.0 Å². The summed E-state index contributed by atoms with van der Waals surface area (Å²) in [6, 6.07) is 11.4. The van der Waals surface area contributed by atoms with Gasteiger partial charge in [-0.15, -0.1) is 0 Å². The zero-order chi connectivity index (χ0) is 13.8. The molecule has 4 heteroatoms. The lowest BCUT2D eigenvalue weighted by Gasteiger charge is -2.16. The highest BCUT2D eigenvalue weighted by Gasteiger charge is 2.06. The fraction of sp³-hybridized carbons (Fsp3) is 0.267. The predicted octanol–water partition coefficient (Wildman–Crippen LogP) is 2.57. The standard InChI is InChI=1S/C15H18N2O2/c1-11(12-5-4-6-14(9-12)19-3)16-13-7-8-15(18)17(2)10-13/h4-11,16H,1-3H3. The highest BCUT2D eigenvalue weighted by Crippen LogP contribution is 2.22. The normalized spacial score (nSPS) is 11.9. The first-order valence-corrected chi connectivity index (χ1v) is 6.17. The number of nitrogens with zero attached hydrogens (tertiary/aromatic N) is 1. The summed E-state index contributed by atoms with van der Waals surface area (Å²) in [7, 11) is 3.40. The lowest BCUT2D eigenvalue weighted by molar-refractivity contribution is 0.414. The van der Waals surface area contributed by atoms with E-state index in [2.05, 4.69) is 12.2 Å². The average molecular weight is 258 g/mol. The molecule has 0 bridgehead atoms. The minimum absolute atomic E-state index is 0.0143. The van der Waals surface area contributed by atoms with Gasteiger partial charge in [-0.25, -0.2) is 0 Å². The summed E-state index contributed by atoms with van der Waals surface area (Å²) >= 11 is 0. The van der Waals surface area contributed by atoms with Gasteiger partial charge in [0.05, 0.1) is 12.8 Å². The first-order chi connectivity index (χ1) is 9.10. The van der Waals surface area contributed by atoms with Crippen molar-refractivity contribution < 1.29 is 4.74 Å². The number of pyridine rings is 1. The third-order valence-electron chi connectivity index (χ3n) is 3.06. The van der Waals surface area contributed by atoms with Gasteiger partial charge >= 0.3 is 0 Å². The van der Waals surface area contributed by atoms with Crippen LogP contribution in [-0.2, 0) is 7.05 Å². The number of benzene rings is 1. The van der Waals surface area contributed by atoms with Crippen LogP contribution in [0.25, 0.3) is 0 Å². The molecule has 1 heterocycles. The molecule has 100 valence electrons. The summed E-state index contributed by atoms with van der Waals surface area (Å²) in [5.74, 6) is 0.839. The van der Waals surface area contributed by atoms with Crippen LogP contribution in [0, 0.1) is 0 Å². The number of methoxy groups -OCH3 is 1. The quantitative estimate of drug-likeness (QED) is 0.916. The maximum Gasteiger partial charge on any atom is 0.250 e. The molecular weight excluding hydrogens is 240 g/mol. The summed E-state index contributed by atoms with van der Waals surface area (Å²) in [6.07, 6.45) is 1.79. The van der Waals surface area contributed by atoms with Gasteiger partial charge in [0.15, 0.2) is 0 Å². The molecule has 0 aliphatic rings. The van der Waals surface area contributed by atoms with E-state index < -0.39 is 0 Å². The van der Waals surface area contributed by atoms with E-state index in [9.17, 15) is 4.79 Å². The SMILES string of the molecule is COc1cccc(C(C)Nc2ccc(=O)n(C)c2)c1. The van der Waals surface area contributed by atoms with Crippen LogP contribution < -0.4 is 15.6 Å². The molecule has 4 nitrogen and oxygen atoms in total. The van der Waals surface area contributed by atoms with Gasteiger partial charge in [-0.2, -0.15) is 0 Å². The van der Waals surface area contributed by atoms with Crippen molar-refractivity contribution in [2.75, 3.05) is 12.4 Å². The molecule has 19 heavy (non-hydrogen) atoms. The van der Waals surface area contributed by atoms with Crippen molar-refractivity contribution in [2.24, 2.45) is 7.05 Å². The van der Waals surface area contributed by atoms with E-state index in [4.69, 9.17) is 4.74 Å². The predicted molar refractivity (Wildman–Crippen MR) is 76.7 cm³/mol. The van der Waals surface area contributed by atoms with Gasteiger partial charge < -0.3 is 14.6 Å². The Labute approximate surface area is 112 Å². The van der Waals surface area contributed by atoms with Crippen molar-refractivity contribution >= 4 is 5.69 Å². The fourth-order valence-corrected chi connectivity index (χ4v) is 1.92. The van der Waals surface area contributed by atoms with Crippen LogP contribution >= 0.6 is 0 Å². The number of nitrogens with one attached hydrogen (secondary N) is 1. The molecule has 1 aromatic carbocycles. The summed E-state index contributed by atoms with van der Waals surface area (Å²) in [4.78, 5) is 11.3. The summed E-state index contributed by atoms with van der Waals surface area (Å²) in [5, 5.41) is 3.36. The highest BCUT2D eigenvalue weighted by atomic mass is 16.5. The highest BCUT2D eigenvalue weighted by molar-refractivity contribution is 5.44. The van der Waals surface area contributed by atoms with Crippen LogP contribution in [0.2, 0.25) is 0 Å². The molecule has 2 rings (SSSR count). The molecule has 0 saturated carbocycles. The van der Waals surface area contributed by atoms with E-state index in [-0.39, 0.29) is 11.6 Å². The average Bonchev–Trinajstić information content (AvgIpc) is 2.43. The lowest BCUT2D eigenvalue weighted by Crippen LogP contribution is -2.16. The van der Waals surface area contributed by atoms with Crippen molar-refractivity contribution in [3.8, 4) is 5.75 Å². The molecular formula is C15H18N2O2. The van der Waals surface area contributed by atoms with Crippen LogP contribution in [0.5, 0.6) is 5.75 Å². The monoisotopic (exact) mass is 258 g/mol. The molecule has 0 radical (unpaired) electrons. The second-order valence-corrected chi connectivity index (χ2v) is 4.51. The Kier molecular flexibility index (Phi) is 3.90. The van der Waals surface area contributed by atoms with E-state index in [1.165, 1.54) is 0 Å². The van der Waals surface area contributed by atoms with E-state index in [0.29, 0.717) is 0 Å². The smallest absolute Gasteiger partial charge is 0.250 e. The van der Waals surface area contributed by atoms with Gasteiger partial charge in [0.25, 0.3) is 0 Å². The van der Waals surface area contributed by atoms with Gasteiger partial charge in [0, 0.05) is 25.4 Å². The lowest BCUT2D eigenvalue weighted by atomic mass is 10.1. The van der Waals surface area contributed by atoms with Gasteiger partial charge in [-0.05, 0) is 30.7 Å². The summed E-state index contributed by atoms with van der Waals surface area (Å²) < 4.78 is 6.77.